The molecule has 0 heterocycles. The molecule has 0 aromatic heterocycles. The number of hydrogen-bond donors (Lipinski definition) is 0. The van der Waals surface area contributed by atoms with Gasteiger partial charge in [-0.1, -0.05) is 5.16 Å². The Hall–Kier alpha value is -0.843. The lowest BCUT2D eigenvalue weighted by Gasteiger charge is -2.16. The third-order valence-corrected chi connectivity index (χ3v) is 1.72. The zero-order valence-corrected chi connectivity index (χ0v) is 9.17. The van der Waals surface area contributed by atoms with E-state index in [1.165, 1.54) is 7.11 Å². The van der Waals surface area contributed by atoms with Gasteiger partial charge in [-0.2, -0.15) is 0 Å². The first-order chi connectivity index (χ1) is 5.37. The van der Waals surface area contributed by atoms with Crippen LogP contribution in [0.4, 0.5) is 0 Å². The third-order valence-electron chi connectivity index (χ3n) is 0.923. The summed E-state index contributed by atoms with van der Waals surface area (Å²) in [5, 5.41) is 3.47. The summed E-state index contributed by atoms with van der Waals surface area (Å²) in [6.07, 6.45) is 0. The van der Waals surface area contributed by atoms with Crippen molar-refractivity contribution < 1.29 is 14.1 Å². The van der Waals surface area contributed by atoms with Crippen LogP contribution in [-0.2, 0) is 14.1 Å². The van der Waals surface area contributed by atoms with Crippen LogP contribution < -0.4 is 0 Å². The monoisotopic (exact) mass is 189 g/mol. The maximum absolute atomic E-state index is 11.2. The average molecular weight is 189 g/mol. The van der Waals surface area contributed by atoms with Gasteiger partial charge in [0.2, 0.25) is 8.32 Å². The summed E-state index contributed by atoms with van der Waals surface area (Å²) in [7, 11) is -0.404. The molecule has 0 saturated heterocycles. The Labute approximate surface area is 73.7 Å². The fourth-order valence-corrected chi connectivity index (χ4v) is 1.23. The summed E-state index contributed by atoms with van der Waals surface area (Å²) in [5.41, 5.74) is 0.250. The van der Waals surface area contributed by atoms with E-state index in [0.717, 1.165) is 0 Å². The molecule has 0 aromatic rings. The van der Waals surface area contributed by atoms with Crippen molar-refractivity contribution in [2.24, 2.45) is 5.16 Å². The molecule has 0 bridgehead atoms. The number of oxime groups is 1. The summed E-state index contributed by atoms with van der Waals surface area (Å²) in [5.74, 6) is -0.393. The van der Waals surface area contributed by atoms with Crippen molar-refractivity contribution in [1.29, 1.82) is 0 Å². The first-order valence-corrected chi connectivity index (χ1v) is 7.09. The van der Waals surface area contributed by atoms with Crippen LogP contribution in [0, 0.1) is 0 Å². The highest BCUT2D eigenvalue weighted by molar-refractivity contribution is 6.72. The van der Waals surface area contributed by atoms with Gasteiger partial charge < -0.3 is 9.26 Å². The molecule has 4 nitrogen and oxygen atoms in total. The predicted octanol–water partition coefficient (Wildman–Crippen LogP) is 1.39. The molecule has 0 fully saturated rings. The molecule has 0 unspecified atom stereocenters. The third kappa shape index (κ3) is 4.89. The van der Waals surface area contributed by atoms with Crippen molar-refractivity contribution in [3.8, 4) is 0 Å². The van der Waals surface area contributed by atoms with Crippen LogP contribution in [0.25, 0.3) is 0 Å². The van der Waals surface area contributed by atoms with Crippen LogP contribution in [-0.4, -0.2) is 27.1 Å². The van der Waals surface area contributed by atoms with Gasteiger partial charge in [-0.3, -0.25) is 0 Å². The molecule has 0 amide bonds. The largest absolute Gasteiger partial charge is 0.515 e. The summed E-state index contributed by atoms with van der Waals surface area (Å²) < 4.78 is 5.14. The van der Waals surface area contributed by atoms with E-state index in [4.69, 9.17) is 4.43 Å². The lowest BCUT2D eigenvalue weighted by Crippen LogP contribution is -2.32. The second-order valence-electron chi connectivity index (χ2n) is 3.36. The number of nitrogens with zero attached hydrogens (tertiary/aromatic N) is 1. The van der Waals surface area contributed by atoms with E-state index in [2.05, 4.69) is 9.99 Å². The van der Waals surface area contributed by atoms with Crippen LogP contribution in [0.5, 0.6) is 0 Å². The highest BCUT2D eigenvalue weighted by Gasteiger charge is 2.21. The maximum atomic E-state index is 11.2. The lowest BCUT2D eigenvalue weighted by atomic mass is 10.4. The quantitative estimate of drug-likeness (QED) is 0.383. The molecule has 0 atom stereocenters. The minimum atomic E-state index is -1.80. The Morgan fingerprint density at radius 3 is 2.17 bits per heavy atom. The molecule has 0 aliphatic rings. The van der Waals surface area contributed by atoms with Crippen LogP contribution in [0.1, 0.15) is 6.92 Å². The molecule has 12 heavy (non-hydrogen) atoms. The predicted molar refractivity (Wildman–Crippen MR) is 49.6 cm³/mol. The van der Waals surface area contributed by atoms with Crippen LogP contribution in [0.2, 0.25) is 19.6 Å². The molecule has 0 aromatic carbocycles. The highest BCUT2D eigenvalue weighted by atomic mass is 28.4. The highest BCUT2D eigenvalue weighted by Crippen LogP contribution is 2.03. The zero-order valence-electron chi connectivity index (χ0n) is 8.17. The second-order valence-corrected chi connectivity index (χ2v) is 7.79. The van der Waals surface area contributed by atoms with Gasteiger partial charge in [0.15, 0.2) is 5.71 Å². The SMILES string of the molecule is CON=C(C)C(=O)O[Si](C)(C)C. The molecule has 5 heteroatoms. The zero-order chi connectivity index (χ0) is 9.78. The average Bonchev–Trinajstić information content (AvgIpc) is 1.84. The Morgan fingerprint density at radius 1 is 1.33 bits per heavy atom. The Morgan fingerprint density at radius 2 is 1.83 bits per heavy atom. The molecule has 0 radical (unpaired) electrons. The van der Waals surface area contributed by atoms with E-state index >= 15 is 0 Å². The van der Waals surface area contributed by atoms with E-state index in [9.17, 15) is 4.79 Å². The van der Waals surface area contributed by atoms with E-state index in [1.54, 1.807) is 6.92 Å². The molecule has 0 rings (SSSR count). The van der Waals surface area contributed by atoms with Gasteiger partial charge in [-0.25, -0.2) is 4.79 Å². The van der Waals surface area contributed by atoms with Crippen molar-refractivity contribution in [3.05, 3.63) is 0 Å². The standard InChI is InChI=1S/C7H15NO3Si/c1-6(8-10-2)7(9)11-12(3,4)5/h1-5H3. The molecule has 0 saturated carbocycles. The van der Waals surface area contributed by atoms with Crippen molar-refractivity contribution in [2.75, 3.05) is 7.11 Å². The Bertz CT molecular complexity index is 195. The van der Waals surface area contributed by atoms with Gasteiger partial charge in [0.25, 0.3) is 0 Å². The van der Waals surface area contributed by atoms with Gasteiger partial charge >= 0.3 is 5.97 Å². The number of hydrogen-bond acceptors (Lipinski definition) is 4. The van der Waals surface area contributed by atoms with E-state index in [0.29, 0.717) is 0 Å². The fraction of sp³-hybridized carbons (Fsp3) is 0.714. The molecule has 0 aliphatic carbocycles. The van der Waals surface area contributed by atoms with Crippen molar-refractivity contribution in [1.82, 2.24) is 0 Å². The first kappa shape index (κ1) is 11.2. The Kier molecular flexibility index (Phi) is 3.95. The number of carbonyl (C=O) groups is 1. The second kappa shape index (κ2) is 4.25. The normalized spacial score (nSPS) is 12.6. The van der Waals surface area contributed by atoms with Gasteiger partial charge in [0.1, 0.15) is 7.11 Å². The first-order valence-electron chi connectivity index (χ1n) is 3.68. The molecular formula is C7H15NO3Si. The molecule has 0 N–H and O–H groups in total. The smallest absolute Gasteiger partial charge is 0.342 e. The van der Waals surface area contributed by atoms with Crippen molar-refractivity contribution in [2.45, 2.75) is 26.6 Å². The van der Waals surface area contributed by atoms with Gasteiger partial charge in [0, 0.05) is 0 Å². The molecule has 0 spiro atoms. The van der Waals surface area contributed by atoms with E-state index < -0.39 is 14.3 Å². The van der Waals surface area contributed by atoms with Crippen LogP contribution in [0.15, 0.2) is 5.16 Å². The molecular weight excluding hydrogens is 174 g/mol. The molecule has 0 aliphatic heterocycles. The minimum absolute atomic E-state index is 0.250. The Balaban J connectivity index is 4.15. The minimum Gasteiger partial charge on any atom is -0.515 e. The molecule has 70 valence electrons. The van der Waals surface area contributed by atoms with Gasteiger partial charge in [-0.05, 0) is 26.6 Å². The lowest BCUT2D eigenvalue weighted by molar-refractivity contribution is -0.127. The maximum Gasteiger partial charge on any atom is 0.342 e. The van der Waals surface area contributed by atoms with E-state index in [-0.39, 0.29) is 5.71 Å². The summed E-state index contributed by atoms with van der Waals surface area (Å²) in [4.78, 5) is 15.6. The fourth-order valence-electron chi connectivity index (χ4n) is 0.526. The summed E-state index contributed by atoms with van der Waals surface area (Å²) in [6, 6.07) is 0. The van der Waals surface area contributed by atoms with Crippen molar-refractivity contribution >= 4 is 20.0 Å². The van der Waals surface area contributed by atoms with Crippen LogP contribution >= 0.6 is 0 Å². The topological polar surface area (TPSA) is 47.9 Å². The summed E-state index contributed by atoms with van der Waals surface area (Å²) >= 11 is 0. The van der Waals surface area contributed by atoms with E-state index in [1.807, 2.05) is 19.6 Å². The summed E-state index contributed by atoms with van der Waals surface area (Å²) in [6.45, 7) is 7.37. The number of carbonyl (C=O) groups excluding carboxylic acids is 1. The van der Waals surface area contributed by atoms with Gasteiger partial charge in [0.05, 0.1) is 0 Å². The van der Waals surface area contributed by atoms with Crippen LogP contribution in [0.3, 0.4) is 0 Å². The number of rotatable bonds is 3. The van der Waals surface area contributed by atoms with Crippen molar-refractivity contribution in [3.63, 3.8) is 0 Å². The van der Waals surface area contributed by atoms with Gasteiger partial charge in [-0.15, -0.1) is 0 Å².